The Morgan fingerprint density at radius 1 is 1.35 bits per heavy atom. The number of aryl methyl sites for hydroxylation is 1. The van der Waals surface area contributed by atoms with E-state index in [2.05, 4.69) is 9.36 Å². The van der Waals surface area contributed by atoms with Gasteiger partial charge in [-0.05, 0) is 44.4 Å². The number of halogens is 1. The molecule has 0 aliphatic heterocycles. The molecule has 6 heteroatoms. The number of hydrogen-bond donors (Lipinski definition) is 1. The Morgan fingerprint density at radius 2 is 2.10 bits per heavy atom. The highest BCUT2D eigenvalue weighted by atomic mass is 32.1. The van der Waals surface area contributed by atoms with Gasteiger partial charge in [0.15, 0.2) is 5.82 Å². The Hall–Kier alpha value is -1.95. The molecule has 3 rings (SSSR count). The van der Waals surface area contributed by atoms with E-state index in [4.69, 9.17) is 5.73 Å². The Labute approximate surface area is 120 Å². The lowest BCUT2D eigenvalue weighted by Crippen LogP contribution is -2.04. The summed E-state index contributed by atoms with van der Waals surface area (Å²) < 4.78 is 20.2. The molecule has 0 saturated carbocycles. The van der Waals surface area contributed by atoms with Gasteiger partial charge in [-0.3, -0.25) is 0 Å². The molecule has 0 radical (unpaired) electrons. The SMILES string of the molecule is Cc1nsc(N)c1-c1nc2c(F)cccc2n1C(C)C. The summed E-state index contributed by atoms with van der Waals surface area (Å²) in [6, 6.07) is 5.14. The van der Waals surface area contributed by atoms with Gasteiger partial charge in [-0.2, -0.15) is 4.37 Å². The molecule has 3 aromatic rings. The van der Waals surface area contributed by atoms with Crippen LogP contribution in [-0.4, -0.2) is 13.9 Å². The molecule has 0 unspecified atom stereocenters. The highest BCUT2D eigenvalue weighted by molar-refractivity contribution is 7.10. The van der Waals surface area contributed by atoms with E-state index in [-0.39, 0.29) is 11.9 Å². The highest BCUT2D eigenvalue weighted by Crippen LogP contribution is 2.36. The molecule has 0 saturated heterocycles. The lowest BCUT2D eigenvalue weighted by molar-refractivity contribution is 0.623. The molecule has 0 fully saturated rings. The van der Waals surface area contributed by atoms with Crippen LogP contribution in [0, 0.1) is 12.7 Å². The van der Waals surface area contributed by atoms with Crippen LogP contribution in [-0.2, 0) is 0 Å². The molecule has 0 spiro atoms. The minimum atomic E-state index is -0.317. The van der Waals surface area contributed by atoms with Crippen LogP contribution in [0.25, 0.3) is 22.4 Å². The Kier molecular flexibility index (Phi) is 2.97. The van der Waals surface area contributed by atoms with Crippen molar-refractivity contribution in [3.63, 3.8) is 0 Å². The smallest absolute Gasteiger partial charge is 0.151 e. The van der Waals surface area contributed by atoms with Gasteiger partial charge >= 0.3 is 0 Å². The number of nitrogens with zero attached hydrogens (tertiary/aromatic N) is 3. The normalized spacial score (nSPS) is 11.7. The van der Waals surface area contributed by atoms with Crippen LogP contribution in [0.1, 0.15) is 25.6 Å². The van der Waals surface area contributed by atoms with Crippen molar-refractivity contribution in [3.05, 3.63) is 29.7 Å². The molecule has 1 aromatic carbocycles. The van der Waals surface area contributed by atoms with E-state index >= 15 is 0 Å². The number of imidazole rings is 1. The first-order chi connectivity index (χ1) is 9.50. The summed E-state index contributed by atoms with van der Waals surface area (Å²) in [5, 5.41) is 0.611. The van der Waals surface area contributed by atoms with E-state index in [9.17, 15) is 4.39 Å². The second kappa shape index (κ2) is 4.56. The van der Waals surface area contributed by atoms with Crippen LogP contribution in [0.3, 0.4) is 0 Å². The summed E-state index contributed by atoms with van der Waals surface area (Å²) in [7, 11) is 0. The Balaban J connectivity index is 2.42. The van der Waals surface area contributed by atoms with Crippen LogP contribution >= 0.6 is 11.5 Å². The summed E-state index contributed by atoms with van der Waals surface area (Å²) in [5.74, 6) is 0.367. The Morgan fingerprint density at radius 3 is 2.70 bits per heavy atom. The molecule has 20 heavy (non-hydrogen) atoms. The largest absolute Gasteiger partial charge is 0.389 e. The zero-order valence-corrected chi connectivity index (χ0v) is 12.3. The maximum Gasteiger partial charge on any atom is 0.151 e. The van der Waals surface area contributed by atoms with Crippen molar-refractivity contribution in [2.24, 2.45) is 0 Å². The lowest BCUT2D eigenvalue weighted by Gasteiger charge is -2.13. The van der Waals surface area contributed by atoms with Crippen LogP contribution in [0.5, 0.6) is 0 Å². The van der Waals surface area contributed by atoms with E-state index in [0.29, 0.717) is 16.3 Å². The first-order valence-electron chi connectivity index (χ1n) is 6.39. The predicted octanol–water partition coefficient (Wildman–Crippen LogP) is 3.77. The molecule has 0 atom stereocenters. The van der Waals surface area contributed by atoms with E-state index in [0.717, 1.165) is 16.8 Å². The van der Waals surface area contributed by atoms with Crippen LogP contribution in [0.15, 0.2) is 18.2 Å². The third-order valence-corrected chi connectivity index (χ3v) is 4.07. The van der Waals surface area contributed by atoms with Gasteiger partial charge in [0.05, 0.1) is 16.8 Å². The standard InChI is InChI=1S/C14H15FN4S/c1-7(2)19-10-6-4-5-9(15)12(10)17-14(19)11-8(3)18-20-13(11)16/h4-7H,16H2,1-3H3. The van der Waals surface area contributed by atoms with Gasteiger partial charge in [0.25, 0.3) is 0 Å². The predicted molar refractivity (Wildman–Crippen MR) is 80.3 cm³/mol. The first-order valence-corrected chi connectivity index (χ1v) is 7.16. The number of nitrogens with two attached hydrogens (primary N) is 1. The van der Waals surface area contributed by atoms with E-state index in [1.807, 2.05) is 31.4 Å². The molecule has 2 aromatic heterocycles. The molecular weight excluding hydrogens is 275 g/mol. The zero-order valence-electron chi connectivity index (χ0n) is 11.5. The topological polar surface area (TPSA) is 56.7 Å². The third-order valence-electron chi connectivity index (χ3n) is 3.30. The summed E-state index contributed by atoms with van der Waals surface area (Å²) in [6.45, 7) is 5.98. The van der Waals surface area contributed by atoms with Crippen LogP contribution < -0.4 is 5.73 Å². The molecule has 104 valence electrons. The van der Waals surface area contributed by atoms with E-state index in [1.54, 1.807) is 6.07 Å². The minimum Gasteiger partial charge on any atom is -0.389 e. The number of nitrogen functional groups attached to an aromatic ring is 1. The van der Waals surface area contributed by atoms with Crippen molar-refractivity contribution in [1.29, 1.82) is 0 Å². The van der Waals surface area contributed by atoms with Gasteiger partial charge in [0.2, 0.25) is 0 Å². The Bertz CT molecular complexity index is 768. The molecule has 0 aliphatic carbocycles. The molecule has 2 heterocycles. The fraction of sp³-hybridized carbons (Fsp3) is 0.286. The summed E-state index contributed by atoms with van der Waals surface area (Å²) >= 11 is 1.24. The fourth-order valence-corrected chi connectivity index (χ4v) is 3.10. The fourth-order valence-electron chi connectivity index (χ4n) is 2.44. The number of aromatic nitrogens is 3. The number of fused-ring (bicyclic) bond motifs is 1. The van der Waals surface area contributed by atoms with Gasteiger partial charge in [-0.15, -0.1) is 0 Å². The van der Waals surface area contributed by atoms with Crippen molar-refractivity contribution in [2.75, 3.05) is 5.73 Å². The van der Waals surface area contributed by atoms with E-state index < -0.39 is 0 Å². The number of anilines is 1. The second-order valence-corrected chi connectivity index (χ2v) is 5.82. The zero-order chi connectivity index (χ0) is 14.4. The molecular formula is C14H15FN4S. The van der Waals surface area contributed by atoms with Crippen molar-refractivity contribution in [2.45, 2.75) is 26.8 Å². The van der Waals surface area contributed by atoms with Gasteiger partial charge in [-0.25, -0.2) is 9.37 Å². The van der Waals surface area contributed by atoms with Crippen molar-refractivity contribution in [3.8, 4) is 11.4 Å². The van der Waals surface area contributed by atoms with Crippen molar-refractivity contribution >= 4 is 27.6 Å². The molecule has 4 nitrogen and oxygen atoms in total. The number of hydrogen-bond acceptors (Lipinski definition) is 4. The minimum absolute atomic E-state index is 0.149. The number of benzene rings is 1. The maximum absolute atomic E-state index is 14.0. The number of para-hydroxylation sites is 1. The summed E-state index contributed by atoms with van der Waals surface area (Å²) in [4.78, 5) is 4.47. The first kappa shape index (κ1) is 13.1. The average Bonchev–Trinajstić information content (AvgIpc) is 2.91. The van der Waals surface area contributed by atoms with Crippen LogP contribution in [0.2, 0.25) is 0 Å². The monoisotopic (exact) mass is 290 g/mol. The third kappa shape index (κ3) is 1.79. The maximum atomic E-state index is 14.0. The molecule has 2 N–H and O–H groups in total. The van der Waals surface area contributed by atoms with Crippen molar-refractivity contribution < 1.29 is 4.39 Å². The quantitative estimate of drug-likeness (QED) is 0.781. The molecule has 0 bridgehead atoms. The van der Waals surface area contributed by atoms with Crippen molar-refractivity contribution in [1.82, 2.24) is 13.9 Å². The summed E-state index contributed by atoms with van der Waals surface area (Å²) in [5.41, 5.74) is 8.79. The van der Waals surface area contributed by atoms with E-state index in [1.165, 1.54) is 17.6 Å². The second-order valence-electron chi connectivity index (χ2n) is 5.01. The lowest BCUT2D eigenvalue weighted by atomic mass is 10.2. The van der Waals surface area contributed by atoms with Gasteiger partial charge in [-0.1, -0.05) is 6.07 Å². The summed E-state index contributed by atoms with van der Waals surface area (Å²) in [6.07, 6.45) is 0. The number of rotatable bonds is 2. The molecule has 0 amide bonds. The van der Waals surface area contributed by atoms with Gasteiger partial charge < -0.3 is 10.3 Å². The molecule has 0 aliphatic rings. The van der Waals surface area contributed by atoms with Crippen LogP contribution in [0.4, 0.5) is 9.39 Å². The van der Waals surface area contributed by atoms with Gasteiger partial charge in [0.1, 0.15) is 16.3 Å². The average molecular weight is 290 g/mol. The highest BCUT2D eigenvalue weighted by Gasteiger charge is 2.21. The van der Waals surface area contributed by atoms with Gasteiger partial charge in [0, 0.05) is 6.04 Å².